The average molecular weight is 889 g/mol. The van der Waals surface area contributed by atoms with Crippen molar-refractivity contribution < 1.29 is 38.0 Å². The minimum atomic E-state index is -1.44. The number of rotatable bonds is 9. The summed E-state index contributed by atoms with van der Waals surface area (Å²) in [5.41, 5.74) is 3.89. The number of hydrogen-bond donors (Lipinski definition) is 1. The number of carbonyl (C=O) groups is 1. The van der Waals surface area contributed by atoms with Crippen LogP contribution >= 0.6 is 22.9 Å². The topological polar surface area (TPSA) is 141 Å². The third-order valence-corrected chi connectivity index (χ3v) is 12.4. The molecular formula is C47H42ClFN6O7S. The number of likely N-dealkylation sites (N-methyl/N-ethyl adjacent to an activating group) is 1. The Hall–Kier alpha value is -6.39. The van der Waals surface area contributed by atoms with Gasteiger partial charge in [0.15, 0.2) is 5.82 Å². The third-order valence-electron chi connectivity index (χ3n) is 11.0. The molecule has 7 aromatic rings. The molecule has 0 spiro atoms. The van der Waals surface area contributed by atoms with Crippen LogP contribution in [0.2, 0.25) is 5.02 Å². The number of para-hydroxylation sites is 1. The SMILES string of the molecule is COc1ccccc1-c1nccc(COc2ccc3cc2C[C@H](C(=O)O)Oc2ncnc4sc(-c5ccc(F)cc5)c(c24)-c2ccc(c(Cl)c2)O[C@H](CN2CCN(C)CC2)CO3)n1. The Kier molecular flexibility index (Phi) is 12.3. The van der Waals surface area contributed by atoms with Gasteiger partial charge in [0, 0.05) is 61.3 Å². The number of methoxy groups -OCH3 is 1. The summed E-state index contributed by atoms with van der Waals surface area (Å²) in [6.07, 6.45) is 0.987. The molecule has 3 aliphatic rings. The Morgan fingerprint density at radius 3 is 2.54 bits per heavy atom. The first-order valence-electron chi connectivity index (χ1n) is 20.3. The number of carboxylic acid groups (broad SMARTS) is 1. The molecule has 4 bridgehead atoms. The molecule has 0 unspecified atom stereocenters. The fourth-order valence-corrected chi connectivity index (χ4v) is 9.07. The number of nitrogens with zero attached hydrogens (tertiary/aromatic N) is 6. The first-order chi connectivity index (χ1) is 30.7. The lowest BCUT2D eigenvalue weighted by atomic mass is 9.99. The Bertz CT molecular complexity index is 2770. The van der Waals surface area contributed by atoms with Crippen LogP contribution in [-0.4, -0.2) is 107 Å². The van der Waals surface area contributed by atoms with Crippen LogP contribution in [0, 0.1) is 5.82 Å². The highest BCUT2D eigenvalue weighted by molar-refractivity contribution is 7.22. The summed E-state index contributed by atoms with van der Waals surface area (Å²) < 4.78 is 45.7. The quantitative estimate of drug-likeness (QED) is 0.149. The van der Waals surface area contributed by atoms with Crippen LogP contribution in [0.25, 0.3) is 43.2 Å². The molecule has 10 rings (SSSR count). The highest BCUT2D eigenvalue weighted by atomic mass is 35.5. The Balaban J connectivity index is 1.12. The van der Waals surface area contributed by atoms with E-state index in [-0.39, 0.29) is 31.3 Å². The number of thiophene rings is 1. The maximum Gasteiger partial charge on any atom is 0.345 e. The van der Waals surface area contributed by atoms with E-state index in [4.69, 9.17) is 40.3 Å². The summed E-state index contributed by atoms with van der Waals surface area (Å²) >= 11 is 8.41. The first kappa shape index (κ1) is 41.9. The Morgan fingerprint density at radius 1 is 0.937 bits per heavy atom. The molecule has 0 saturated carbocycles. The lowest BCUT2D eigenvalue weighted by Gasteiger charge is -2.34. The number of carboxylic acids is 1. The van der Waals surface area contributed by atoms with E-state index < -0.39 is 18.2 Å². The van der Waals surface area contributed by atoms with Crippen molar-refractivity contribution >= 4 is 39.1 Å². The zero-order chi connectivity index (χ0) is 43.5. The smallest absolute Gasteiger partial charge is 0.345 e. The van der Waals surface area contributed by atoms with Gasteiger partial charge < -0.3 is 33.7 Å². The minimum absolute atomic E-state index is 0.0480. The molecule has 4 aromatic carbocycles. The van der Waals surface area contributed by atoms with E-state index >= 15 is 0 Å². The number of benzene rings is 4. The second kappa shape index (κ2) is 18.5. The maximum absolute atomic E-state index is 14.2. The first-order valence-corrected chi connectivity index (χ1v) is 21.5. The molecule has 13 nitrogen and oxygen atoms in total. The summed E-state index contributed by atoms with van der Waals surface area (Å²) in [4.78, 5) is 37.4. The zero-order valence-electron chi connectivity index (χ0n) is 34.4. The predicted octanol–water partition coefficient (Wildman–Crippen LogP) is 8.32. The van der Waals surface area contributed by atoms with Crippen molar-refractivity contribution in [3.63, 3.8) is 0 Å². The summed E-state index contributed by atoms with van der Waals surface area (Å²) in [5.74, 6) is 0.909. The van der Waals surface area contributed by atoms with Gasteiger partial charge in [-0.25, -0.2) is 29.1 Å². The van der Waals surface area contributed by atoms with E-state index in [1.54, 1.807) is 55.8 Å². The Morgan fingerprint density at radius 2 is 1.75 bits per heavy atom. The van der Waals surface area contributed by atoms with E-state index in [2.05, 4.69) is 31.8 Å². The van der Waals surface area contributed by atoms with Gasteiger partial charge >= 0.3 is 5.97 Å². The normalized spacial score (nSPS) is 17.0. The van der Waals surface area contributed by atoms with Gasteiger partial charge in [0.1, 0.15) is 59.3 Å². The van der Waals surface area contributed by atoms with Gasteiger partial charge in [-0.3, -0.25) is 4.90 Å². The predicted molar refractivity (Wildman–Crippen MR) is 238 cm³/mol. The molecule has 63 heavy (non-hydrogen) atoms. The highest BCUT2D eigenvalue weighted by Gasteiger charge is 2.29. The number of aromatic nitrogens is 4. The zero-order valence-corrected chi connectivity index (χ0v) is 35.9. The number of piperazine rings is 1. The van der Waals surface area contributed by atoms with Gasteiger partial charge in [-0.05, 0) is 78.8 Å². The lowest BCUT2D eigenvalue weighted by molar-refractivity contribution is -0.145. The molecule has 6 heterocycles. The van der Waals surface area contributed by atoms with E-state index in [0.29, 0.717) is 73.0 Å². The number of ether oxygens (including phenoxy) is 5. The van der Waals surface area contributed by atoms with Crippen molar-refractivity contribution in [2.75, 3.05) is 53.5 Å². The van der Waals surface area contributed by atoms with Crippen molar-refractivity contribution in [3.05, 3.63) is 126 Å². The van der Waals surface area contributed by atoms with Crippen molar-refractivity contribution in [1.82, 2.24) is 29.7 Å². The van der Waals surface area contributed by atoms with Crippen LogP contribution in [0.4, 0.5) is 4.39 Å². The van der Waals surface area contributed by atoms with Gasteiger partial charge in [-0.1, -0.05) is 41.9 Å². The molecule has 1 saturated heterocycles. The van der Waals surface area contributed by atoms with Gasteiger partial charge in [-0.15, -0.1) is 11.3 Å². The summed E-state index contributed by atoms with van der Waals surface area (Å²) in [5, 5.41) is 11.6. The molecule has 1 fully saturated rings. The monoisotopic (exact) mass is 888 g/mol. The van der Waals surface area contributed by atoms with Crippen LogP contribution in [-0.2, 0) is 17.8 Å². The van der Waals surface area contributed by atoms with Crippen molar-refractivity contribution in [3.8, 4) is 61.8 Å². The molecule has 3 aromatic heterocycles. The number of fused-ring (bicyclic) bond motifs is 7. The van der Waals surface area contributed by atoms with Crippen molar-refractivity contribution in [2.24, 2.45) is 0 Å². The van der Waals surface area contributed by atoms with Crippen LogP contribution in [0.5, 0.6) is 28.9 Å². The van der Waals surface area contributed by atoms with Crippen LogP contribution in [0.3, 0.4) is 0 Å². The largest absolute Gasteiger partial charge is 0.496 e. The third kappa shape index (κ3) is 9.37. The van der Waals surface area contributed by atoms with Gasteiger partial charge in [-0.2, -0.15) is 0 Å². The number of hydrogen-bond acceptors (Lipinski definition) is 13. The Labute approximate surface area is 371 Å². The molecule has 16 heteroatoms. The molecule has 2 atom stereocenters. The van der Waals surface area contributed by atoms with Gasteiger partial charge in [0.25, 0.3) is 0 Å². The van der Waals surface area contributed by atoms with Crippen molar-refractivity contribution in [2.45, 2.75) is 25.2 Å². The van der Waals surface area contributed by atoms with E-state index in [0.717, 1.165) is 42.2 Å². The van der Waals surface area contributed by atoms with E-state index in [1.165, 1.54) is 29.8 Å². The molecule has 1 N–H and O–H groups in total. The molecule has 0 amide bonds. The van der Waals surface area contributed by atoms with Crippen LogP contribution in [0.1, 0.15) is 11.3 Å². The minimum Gasteiger partial charge on any atom is -0.496 e. The van der Waals surface area contributed by atoms with E-state index in [1.807, 2.05) is 36.4 Å². The fraction of sp³-hybridized carbons (Fsp3) is 0.255. The second-order valence-electron chi connectivity index (χ2n) is 15.3. The van der Waals surface area contributed by atoms with Crippen molar-refractivity contribution in [1.29, 1.82) is 0 Å². The molecule has 3 aliphatic heterocycles. The molecule has 0 radical (unpaired) electrons. The molecule has 0 aliphatic carbocycles. The maximum atomic E-state index is 14.2. The summed E-state index contributed by atoms with van der Waals surface area (Å²) in [6, 6.07) is 26.2. The van der Waals surface area contributed by atoms with Crippen LogP contribution in [0.15, 0.2) is 104 Å². The summed E-state index contributed by atoms with van der Waals surface area (Å²) in [6.45, 7) is 4.37. The van der Waals surface area contributed by atoms with Gasteiger partial charge in [0.2, 0.25) is 12.0 Å². The summed E-state index contributed by atoms with van der Waals surface area (Å²) in [7, 11) is 3.70. The highest BCUT2D eigenvalue weighted by Crippen LogP contribution is 2.48. The second-order valence-corrected chi connectivity index (χ2v) is 16.7. The standard InChI is InChI=1S/C47H42ClFN6O7S/c1-54-17-19-55(20-18-54)24-34-26-59-33-12-14-37(60-25-32-15-16-50-44(53-32)35-5-3-4-6-38(35)58-2)30(21-33)23-40(47(56)57)62-45-42-41(29-9-13-39(61-34)36(48)22-29)43(63-46(42)52-27-51-45)28-7-10-31(49)11-8-28/h3-16,21-22,27,34,40H,17-20,23-26H2,1-2H3,(H,56,57)/t34-,40-/m1/s1. The number of aliphatic carboxylic acids is 1. The fourth-order valence-electron chi connectivity index (χ4n) is 7.69. The number of halogens is 2. The molecule has 322 valence electrons. The lowest BCUT2D eigenvalue weighted by Crippen LogP contribution is -2.49. The van der Waals surface area contributed by atoms with Crippen LogP contribution < -0.4 is 23.7 Å². The molecular weight excluding hydrogens is 847 g/mol. The van der Waals surface area contributed by atoms with E-state index in [9.17, 15) is 14.3 Å². The average Bonchev–Trinajstić information content (AvgIpc) is 3.69. The van der Waals surface area contributed by atoms with Gasteiger partial charge in [0.05, 0.1) is 28.8 Å².